The second-order valence-electron chi connectivity index (χ2n) is 9.74. The highest BCUT2D eigenvalue weighted by atomic mass is 31.1. The van der Waals surface area contributed by atoms with Crippen LogP contribution in [0.4, 0.5) is 0 Å². The summed E-state index contributed by atoms with van der Waals surface area (Å²) in [4.78, 5) is 0. The lowest BCUT2D eigenvalue weighted by Crippen LogP contribution is -2.11. The van der Waals surface area contributed by atoms with Gasteiger partial charge in [0.05, 0.1) is 0 Å². The molecule has 0 fully saturated rings. The molecule has 0 spiro atoms. The average Bonchev–Trinajstić information content (AvgIpc) is 3.09. The van der Waals surface area contributed by atoms with Gasteiger partial charge in [-0.1, -0.05) is 141 Å². The molecule has 0 aromatic heterocycles. The molecule has 0 saturated carbocycles. The molecule has 0 amide bonds. The van der Waals surface area contributed by atoms with E-state index in [9.17, 15) is 0 Å². The normalized spacial score (nSPS) is 16.9. The second-order valence-corrected chi connectivity index (χ2v) is 12.1. The predicted octanol–water partition coefficient (Wildman–Crippen LogP) is 9.26. The Bertz CT molecular complexity index is 1680. The molecular formula is C35H27P. The van der Waals surface area contributed by atoms with Crippen LogP contribution in [-0.4, -0.2) is 0 Å². The van der Waals surface area contributed by atoms with Crippen molar-refractivity contribution >= 4 is 34.8 Å². The van der Waals surface area contributed by atoms with Gasteiger partial charge in [0.2, 0.25) is 0 Å². The largest absolute Gasteiger partial charge is 0.0628 e. The molecule has 0 radical (unpaired) electrons. The molecule has 0 aliphatic carbocycles. The predicted molar refractivity (Wildman–Crippen MR) is 156 cm³/mol. The lowest BCUT2D eigenvalue weighted by Gasteiger charge is -2.28. The van der Waals surface area contributed by atoms with E-state index in [2.05, 4.69) is 133 Å². The molecule has 0 N–H and O–H groups in total. The van der Waals surface area contributed by atoms with Crippen molar-refractivity contribution < 1.29 is 0 Å². The molecule has 36 heavy (non-hydrogen) atoms. The third-order valence-electron chi connectivity index (χ3n) is 7.66. The Morgan fingerprint density at radius 1 is 0.528 bits per heavy atom. The van der Waals surface area contributed by atoms with Crippen molar-refractivity contribution in [3.63, 3.8) is 0 Å². The minimum atomic E-state index is -0.465. The topological polar surface area (TPSA) is 0 Å². The van der Waals surface area contributed by atoms with E-state index in [0.717, 1.165) is 12.6 Å². The van der Waals surface area contributed by atoms with Crippen molar-refractivity contribution in [3.05, 3.63) is 150 Å². The minimum Gasteiger partial charge on any atom is -0.0628 e. The van der Waals surface area contributed by atoms with E-state index in [4.69, 9.17) is 0 Å². The Morgan fingerprint density at radius 3 is 1.83 bits per heavy atom. The van der Waals surface area contributed by atoms with E-state index in [1.54, 1.807) is 0 Å². The molecule has 6 aromatic rings. The minimum absolute atomic E-state index is 0.440. The highest BCUT2D eigenvalue weighted by Gasteiger charge is 2.33. The molecule has 1 aliphatic rings. The Balaban J connectivity index is 1.58. The molecule has 0 unspecified atom stereocenters. The molecular weight excluding hydrogens is 451 g/mol. The van der Waals surface area contributed by atoms with Crippen LogP contribution in [-0.2, 0) is 12.6 Å². The monoisotopic (exact) mass is 478 g/mol. The summed E-state index contributed by atoms with van der Waals surface area (Å²) in [5.74, 6) is 0. The number of fused-ring (bicyclic) bond motifs is 7. The quantitative estimate of drug-likeness (QED) is 0.222. The van der Waals surface area contributed by atoms with Crippen molar-refractivity contribution in [2.75, 3.05) is 0 Å². The van der Waals surface area contributed by atoms with Gasteiger partial charge in [0.15, 0.2) is 0 Å². The number of rotatable bonds is 3. The summed E-state index contributed by atoms with van der Waals surface area (Å²) >= 11 is 0. The fourth-order valence-corrected chi connectivity index (χ4v) is 8.93. The molecule has 0 saturated heterocycles. The van der Waals surface area contributed by atoms with Gasteiger partial charge in [-0.25, -0.2) is 0 Å². The van der Waals surface area contributed by atoms with E-state index >= 15 is 0 Å². The number of benzene rings is 6. The van der Waals surface area contributed by atoms with E-state index < -0.39 is 7.92 Å². The summed E-state index contributed by atoms with van der Waals surface area (Å²) in [6.07, 6.45) is 2.15. The van der Waals surface area contributed by atoms with Crippen LogP contribution in [0.3, 0.4) is 0 Å². The van der Waals surface area contributed by atoms with Gasteiger partial charge in [0.1, 0.15) is 0 Å². The highest BCUT2D eigenvalue weighted by Crippen LogP contribution is 2.60. The molecule has 1 heterocycles. The summed E-state index contributed by atoms with van der Waals surface area (Å²) < 4.78 is 0. The van der Waals surface area contributed by atoms with Crippen LogP contribution < -0.4 is 5.30 Å². The fourth-order valence-electron chi connectivity index (χ4n) is 6.00. The zero-order chi connectivity index (χ0) is 23.9. The first-order valence-electron chi connectivity index (χ1n) is 12.7. The summed E-state index contributed by atoms with van der Waals surface area (Å²) in [5, 5.41) is 6.88. The van der Waals surface area contributed by atoms with E-state index in [-0.39, 0.29) is 0 Å². The van der Waals surface area contributed by atoms with Crippen LogP contribution in [0.5, 0.6) is 0 Å². The van der Waals surface area contributed by atoms with Gasteiger partial charge in [0.25, 0.3) is 0 Å². The molecule has 6 aromatic carbocycles. The Morgan fingerprint density at radius 2 is 1.11 bits per heavy atom. The average molecular weight is 479 g/mol. The van der Waals surface area contributed by atoms with Crippen LogP contribution in [0, 0.1) is 0 Å². The zero-order valence-corrected chi connectivity index (χ0v) is 21.0. The van der Waals surface area contributed by atoms with Crippen molar-refractivity contribution in [3.8, 4) is 11.1 Å². The van der Waals surface area contributed by atoms with Crippen molar-refractivity contribution in [2.24, 2.45) is 0 Å². The summed E-state index contributed by atoms with van der Waals surface area (Å²) in [5.41, 5.74) is 7.73. The lowest BCUT2D eigenvalue weighted by molar-refractivity contribution is 0.923. The van der Waals surface area contributed by atoms with Gasteiger partial charge in [-0.2, -0.15) is 0 Å². The molecule has 172 valence electrons. The van der Waals surface area contributed by atoms with Crippen LogP contribution in [0.25, 0.3) is 32.7 Å². The molecule has 0 bridgehead atoms. The maximum absolute atomic E-state index is 2.44. The van der Waals surface area contributed by atoms with Gasteiger partial charge in [-0.15, -0.1) is 0 Å². The SMILES string of the molecule is c1ccc(C[C@H]2c3ccc4ccccc4c3-c3c(ccc4ccccc34)C[P@@]2c2ccccc2)cc1. The highest BCUT2D eigenvalue weighted by molar-refractivity contribution is 7.65. The van der Waals surface area contributed by atoms with Crippen molar-refractivity contribution in [1.29, 1.82) is 0 Å². The third kappa shape index (κ3) is 3.65. The Kier molecular flexibility index (Phi) is 5.42. The Hall–Kier alpha value is -3.73. The standard InChI is InChI=1S/C35H27P/c1-3-11-25(12-4-1)23-33-32-22-21-27-14-8-10-18-31(27)35(32)34-28(20-19-26-13-7-9-17-30(26)34)24-36(33)29-15-5-2-6-16-29/h1-22,33H,23-24H2/t33-,36-/m0/s1. The van der Waals surface area contributed by atoms with Gasteiger partial charge in [-0.05, 0) is 67.2 Å². The fraction of sp³-hybridized carbons (Fsp3) is 0.0857. The molecule has 7 rings (SSSR count). The summed E-state index contributed by atoms with van der Waals surface area (Å²) in [7, 11) is -0.465. The van der Waals surface area contributed by atoms with E-state index in [1.165, 1.54) is 54.7 Å². The first-order valence-corrected chi connectivity index (χ1v) is 14.3. The van der Waals surface area contributed by atoms with Gasteiger partial charge in [0, 0.05) is 5.66 Å². The van der Waals surface area contributed by atoms with Crippen molar-refractivity contribution in [1.82, 2.24) is 0 Å². The van der Waals surface area contributed by atoms with Gasteiger partial charge in [-0.3, -0.25) is 0 Å². The third-order valence-corrected chi connectivity index (χ3v) is 10.5. The first kappa shape index (κ1) is 21.5. The van der Waals surface area contributed by atoms with Gasteiger partial charge >= 0.3 is 0 Å². The zero-order valence-electron chi connectivity index (χ0n) is 20.1. The van der Waals surface area contributed by atoms with Crippen LogP contribution in [0.15, 0.2) is 133 Å². The van der Waals surface area contributed by atoms with Gasteiger partial charge < -0.3 is 0 Å². The maximum Gasteiger partial charge on any atom is 0.0132 e. The molecule has 0 nitrogen and oxygen atoms in total. The Labute approximate surface area is 214 Å². The van der Waals surface area contributed by atoms with E-state index in [1.807, 2.05) is 0 Å². The summed E-state index contributed by atoms with van der Waals surface area (Å²) in [6.45, 7) is 0. The molecule has 2 atom stereocenters. The second kappa shape index (κ2) is 9.05. The first-order chi connectivity index (χ1) is 17.9. The summed E-state index contributed by atoms with van der Waals surface area (Å²) in [6, 6.07) is 49.8. The smallest absolute Gasteiger partial charge is 0.0132 e. The van der Waals surface area contributed by atoms with Crippen LogP contribution in [0.2, 0.25) is 0 Å². The van der Waals surface area contributed by atoms with Crippen molar-refractivity contribution in [2.45, 2.75) is 18.2 Å². The molecule has 1 heteroatoms. The lowest BCUT2D eigenvalue weighted by atomic mass is 9.86. The number of hydrogen-bond donors (Lipinski definition) is 0. The van der Waals surface area contributed by atoms with E-state index in [0.29, 0.717) is 5.66 Å². The maximum atomic E-state index is 2.44. The number of hydrogen-bond acceptors (Lipinski definition) is 0. The van der Waals surface area contributed by atoms with Crippen LogP contribution in [0.1, 0.15) is 22.3 Å². The molecule has 1 aliphatic heterocycles. The van der Waals surface area contributed by atoms with Crippen LogP contribution >= 0.6 is 7.92 Å².